The fourth-order valence-corrected chi connectivity index (χ4v) is 2.30. The van der Waals surface area contributed by atoms with Crippen LogP contribution in [0.1, 0.15) is 11.1 Å². The molecule has 96 valence electrons. The third kappa shape index (κ3) is 3.78. The Morgan fingerprint density at radius 2 is 1.88 bits per heavy atom. The van der Waals surface area contributed by atoms with Crippen molar-refractivity contribution in [2.24, 2.45) is 0 Å². The molecule has 0 radical (unpaired) electrons. The Balaban J connectivity index is 3.12. The molecule has 1 aromatic rings. The average Bonchev–Trinajstić information content (AvgIpc) is 2.25. The van der Waals surface area contributed by atoms with Crippen molar-refractivity contribution in [3.8, 4) is 11.5 Å². The normalized spacial score (nSPS) is 11.3. The maximum Gasteiger partial charge on any atom is 0.232 e. The fraction of sp³-hybridized carbons (Fsp3) is 0.455. The molecule has 0 aliphatic heterocycles. The van der Waals surface area contributed by atoms with Crippen LogP contribution in [0.2, 0.25) is 0 Å². The van der Waals surface area contributed by atoms with Gasteiger partial charge in [0, 0.05) is 16.2 Å². The minimum absolute atomic E-state index is 0.126. The van der Waals surface area contributed by atoms with Crippen LogP contribution in [0.15, 0.2) is 12.1 Å². The Labute approximate surface area is 106 Å². The molecule has 1 aromatic carbocycles. The molecule has 0 heterocycles. The Kier molecular flexibility index (Phi) is 4.65. The zero-order valence-electron chi connectivity index (χ0n) is 9.99. The van der Waals surface area contributed by atoms with Gasteiger partial charge in [-0.25, -0.2) is 8.42 Å². The van der Waals surface area contributed by atoms with E-state index in [0.717, 1.165) is 11.1 Å². The topological polar surface area (TPSA) is 52.6 Å². The van der Waals surface area contributed by atoms with Gasteiger partial charge in [0.25, 0.3) is 0 Å². The number of hydrogen-bond acceptors (Lipinski definition) is 4. The van der Waals surface area contributed by atoms with E-state index in [1.807, 2.05) is 13.0 Å². The number of halogens is 1. The number of ether oxygens (including phenoxy) is 2. The molecule has 4 nitrogen and oxygen atoms in total. The third-order valence-electron chi connectivity index (χ3n) is 2.48. The monoisotopic (exact) mass is 278 g/mol. The molecule has 0 fully saturated rings. The van der Waals surface area contributed by atoms with Crippen LogP contribution in [-0.4, -0.2) is 28.4 Å². The first kappa shape index (κ1) is 14.1. The Morgan fingerprint density at radius 1 is 1.24 bits per heavy atom. The molecule has 6 heteroatoms. The predicted molar refractivity (Wildman–Crippen MR) is 67.6 cm³/mol. The second-order valence-electron chi connectivity index (χ2n) is 3.59. The van der Waals surface area contributed by atoms with Crippen LogP contribution < -0.4 is 9.47 Å². The van der Waals surface area contributed by atoms with Crippen molar-refractivity contribution in [1.82, 2.24) is 0 Å². The Hall–Kier alpha value is -0.940. The first-order valence-corrected chi connectivity index (χ1v) is 7.49. The van der Waals surface area contributed by atoms with E-state index >= 15 is 0 Å². The first-order chi connectivity index (χ1) is 7.89. The number of aryl methyl sites for hydroxylation is 1. The summed E-state index contributed by atoms with van der Waals surface area (Å²) in [5.74, 6) is 1.02. The molecule has 0 saturated carbocycles. The summed E-state index contributed by atoms with van der Waals surface area (Å²) in [6.45, 7) is 1.89. The average molecular weight is 279 g/mol. The maximum atomic E-state index is 11.0. The van der Waals surface area contributed by atoms with Crippen LogP contribution in [0.3, 0.4) is 0 Å². The number of methoxy groups -OCH3 is 2. The summed E-state index contributed by atoms with van der Waals surface area (Å²) in [5, 5.41) is 0. The fourth-order valence-electron chi connectivity index (χ4n) is 1.62. The van der Waals surface area contributed by atoms with E-state index in [-0.39, 0.29) is 5.75 Å². The summed E-state index contributed by atoms with van der Waals surface area (Å²) in [7, 11) is 4.76. The van der Waals surface area contributed by atoms with E-state index in [0.29, 0.717) is 17.9 Å². The lowest BCUT2D eigenvalue weighted by Gasteiger charge is -2.14. The molecule has 17 heavy (non-hydrogen) atoms. The highest BCUT2D eigenvalue weighted by Crippen LogP contribution is 2.33. The summed E-state index contributed by atoms with van der Waals surface area (Å²) >= 11 is 0. The molecule has 0 amide bonds. The molecule has 0 atom stereocenters. The van der Waals surface area contributed by atoms with Crippen molar-refractivity contribution in [1.29, 1.82) is 0 Å². The standard InChI is InChI=1S/C11H15ClO4S/c1-8-4-5-10(15-2)11(16-3)9(8)6-7-17(12,13)14/h4-5H,6-7H2,1-3H3. The second kappa shape index (κ2) is 5.60. The SMILES string of the molecule is COc1ccc(C)c(CCS(=O)(=O)Cl)c1OC. The van der Waals surface area contributed by atoms with Crippen molar-refractivity contribution in [3.63, 3.8) is 0 Å². The molecule has 0 aliphatic carbocycles. The quantitative estimate of drug-likeness (QED) is 0.774. The van der Waals surface area contributed by atoms with Gasteiger partial charge in [-0.05, 0) is 25.0 Å². The molecule has 0 saturated heterocycles. The Morgan fingerprint density at radius 3 is 2.35 bits per heavy atom. The van der Waals surface area contributed by atoms with Gasteiger partial charge >= 0.3 is 0 Å². The van der Waals surface area contributed by atoms with Gasteiger partial charge < -0.3 is 9.47 Å². The van der Waals surface area contributed by atoms with Crippen LogP contribution in [0.4, 0.5) is 0 Å². The van der Waals surface area contributed by atoms with Crippen molar-refractivity contribution < 1.29 is 17.9 Å². The zero-order valence-corrected chi connectivity index (χ0v) is 11.6. The van der Waals surface area contributed by atoms with Gasteiger partial charge in [-0.15, -0.1) is 0 Å². The molecule has 1 rings (SSSR count). The number of benzene rings is 1. The summed E-state index contributed by atoms with van der Waals surface area (Å²) in [6.07, 6.45) is 0.304. The molecule has 0 aromatic heterocycles. The molecular weight excluding hydrogens is 264 g/mol. The third-order valence-corrected chi connectivity index (χ3v) is 3.63. The predicted octanol–water partition coefficient (Wildman–Crippen LogP) is 2.12. The van der Waals surface area contributed by atoms with Gasteiger partial charge in [0.2, 0.25) is 9.05 Å². The number of rotatable bonds is 5. The lowest BCUT2D eigenvalue weighted by Crippen LogP contribution is -2.05. The van der Waals surface area contributed by atoms with E-state index < -0.39 is 9.05 Å². The summed E-state index contributed by atoms with van der Waals surface area (Å²) in [6, 6.07) is 3.64. The highest BCUT2D eigenvalue weighted by Gasteiger charge is 2.15. The largest absolute Gasteiger partial charge is 0.493 e. The van der Waals surface area contributed by atoms with Gasteiger partial charge in [0.1, 0.15) is 0 Å². The van der Waals surface area contributed by atoms with E-state index in [1.54, 1.807) is 6.07 Å². The van der Waals surface area contributed by atoms with Gasteiger partial charge in [-0.3, -0.25) is 0 Å². The highest BCUT2D eigenvalue weighted by molar-refractivity contribution is 8.13. The van der Waals surface area contributed by atoms with Gasteiger partial charge in [0.15, 0.2) is 11.5 Å². The van der Waals surface area contributed by atoms with Crippen molar-refractivity contribution in [2.75, 3.05) is 20.0 Å². The van der Waals surface area contributed by atoms with Gasteiger partial charge in [0.05, 0.1) is 20.0 Å². The highest BCUT2D eigenvalue weighted by atomic mass is 35.7. The minimum atomic E-state index is -3.51. The van der Waals surface area contributed by atoms with Crippen LogP contribution in [0, 0.1) is 6.92 Å². The van der Waals surface area contributed by atoms with Gasteiger partial charge in [-0.1, -0.05) is 6.07 Å². The molecule has 0 unspecified atom stereocenters. The lowest BCUT2D eigenvalue weighted by atomic mass is 10.0. The summed E-state index contributed by atoms with van der Waals surface area (Å²) in [5.41, 5.74) is 1.75. The lowest BCUT2D eigenvalue weighted by molar-refractivity contribution is 0.351. The van der Waals surface area contributed by atoms with Gasteiger partial charge in [-0.2, -0.15) is 0 Å². The summed E-state index contributed by atoms with van der Waals surface area (Å²) in [4.78, 5) is 0. The Bertz CT molecular complexity index is 496. The first-order valence-electron chi connectivity index (χ1n) is 5.02. The maximum absolute atomic E-state index is 11.0. The smallest absolute Gasteiger partial charge is 0.232 e. The molecular formula is C11H15ClO4S. The zero-order chi connectivity index (χ0) is 13.1. The van der Waals surface area contributed by atoms with Crippen LogP contribution in [-0.2, 0) is 15.5 Å². The van der Waals surface area contributed by atoms with E-state index in [1.165, 1.54) is 14.2 Å². The molecule has 0 aliphatic rings. The van der Waals surface area contributed by atoms with Crippen molar-refractivity contribution in [2.45, 2.75) is 13.3 Å². The van der Waals surface area contributed by atoms with Crippen LogP contribution in [0.25, 0.3) is 0 Å². The molecule has 0 bridgehead atoms. The van der Waals surface area contributed by atoms with E-state index in [9.17, 15) is 8.42 Å². The van der Waals surface area contributed by atoms with E-state index in [4.69, 9.17) is 20.2 Å². The van der Waals surface area contributed by atoms with E-state index in [2.05, 4.69) is 0 Å². The van der Waals surface area contributed by atoms with Crippen LogP contribution >= 0.6 is 10.7 Å². The summed E-state index contributed by atoms with van der Waals surface area (Å²) < 4.78 is 32.3. The van der Waals surface area contributed by atoms with Crippen molar-refractivity contribution in [3.05, 3.63) is 23.3 Å². The second-order valence-corrected chi connectivity index (χ2v) is 6.49. The molecule has 0 N–H and O–H groups in total. The number of hydrogen-bond donors (Lipinski definition) is 0. The van der Waals surface area contributed by atoms with Crippen LogP contribution in [0.5, 0.6) is 11.5 Å². The minimum Gasteiger partial charge on any atom is -0.493 e. The molecule has 0 spiro atoms. The van der Waals surface area contributed by atoms with Crippen molar-refractivity contribution >= 4 is 19.7 Å².